The van der Waals surface area contributed by atoms with Gasteiger partial charge in [0.1, 0.15) is 0 Å². The van der Waals surface area contributed by atoms with Gasteiger partial charge < -0.3 is 0 Å². The molecule has 0 radical (unpaired) electrons. The van der Waals surface area contributed by atoms with E-state index in [0.717, 1.165) is 28.5 Å². The first-order chi connectivity index (χ1) is 11.3. The van der Waals surface area contributed by atoms with Crippen LogP contribution in [0.5, 0.6) is 0 Å². The lowest BCUT2D eigenvalue weighted by atomic mass is 10.1. The Morgan fingerprint density at radius 1 is 0.875 bits per heavy atom. The third-order valence-electron chi connectivity index (χ3n) is 3.25. The van der Waals surface area contributed by atoms with Crippen molar-refractivity contribution in [3.05, 3.63) is 82.9 Å². The minimum Gasteiger partial charge on any atom is -0.205 e. The van der Waals surface area contributed by atoms with Crippen LogP contribution in [0.2, 0.25) is 0 Å². The van der Waals surface area contributed by atoms with Crippen LogP contribution in [-0.2, 0) is 10.0 Å². The standard InChI is InChI=1S/C20H21NO2S/c1-16-6-4-8-18(14-16)10-12-20(21-24(3,22)23)13-11-19-9-5-7-17(2)15-19/h4-15H,1-3H3/b12-10+,13-11+. The highest BCUT2D eigenvalue weighted by molar-refractivity contribution is 7.89. The number of hydrogen-bond acceptors (Lipinski definition) is 2. The summed E-state index contributed by atoms with van der Waals surface area (Å²) in [7, 11) is -3.46. The maximum Gasteiger partial charge on any atom is 0.250 e. The van der Waals surface area contributed by atoms with Crippen LogP contribution in [0.4, 0.5) is 0 Å². The Bertz CT molecular complexity index is 849. The van der Waals surface area contributed by atoms with E-state index < -0.39 is 10.0 Å². The molecule has 0 amide bonds. The number of allylic oxidation sites excluding steroid dienone is 2. The van der Waals surface area contributed by atoms with Crippen molar-refractivity contribution in [1.82, 2.24) is 0 Å². The Morgan fingerprint density at radius 2 is 1.33 bits per heavy atom. The molecular formula is C20H21NO2S. The predicted octanol–water partition coefficient (Wildman–Crippen LogP) is 4.43. The highest BCUT2D eigenvalue weighted by atomic mass is 32.2. The smallest absolute Gasteiger partial charge is 0.205 e. The van der Waals surface area contributed by atoms with Crippen molar-refractivity contribution in [2.24, 2.45) is 4.40 Å². The number of sulfonamides is 1. The zero-order valence-electron chi connectivity index (χ0n) is 14.1. The van der Waals surface area contributed by atoms with E-state index >= 15 is 0 Å². The summed E-state index contributed by atoms with van der Waals surface area (Å²) < 4.78 is 26.8. The van der Waals surface area contributed by atoms with E-state index in [0.29, 0.717) is 5.71 Å². The van der Waals surface area contributed by atoms with Gasteiger partial charge in [-0.1, -0.05) is 71.8 Å². The molecule has 0 aromatic heterocycles. The normalized spacial score (nSPS) is 12.0. The fraction of sp³-hybridized carbons (Fsp3) is 0.150. The topological polar surface area (TPSA) is 46.5 Å². The number of benzene rings is 2. The molecular weight excluding hydrogens is 318 g/mol. The molecule has 0 aliphatic carbocycles. The third kappa shape index (κ3) is 6.34. The molecule has 0 aliphatic rings. The van der Waals surface area contributed by atoms with Crippen molar-refractivity contribution >= 4 is 27.9 Å². The van der Waals surface area contributed by atoms with Gasteiger partial charge in [0.2, 0.25) is 0 Å². The highest BCUT2D eigenvalue weighted by Crippen LogP contribution is 2.09. The first-order valence-electron chi connectivity index (χ1n) is 7.61. The maximum atomic E-state index is 11.5. The van der Waals surface area contributed by atoms with E-state index in [4.69, 9.17) is 0 Å². The molecule has 2 rings (SSSR count). The molecule has 0 aliphatic heterocycles. The molecule has 0 fully saturated rings. The lowest BCUT2D eigenvalue weighted by Crippen LogP contribution is -1.97. The second-order valence-corrected chi connectivity index (χ2v) is 7.39. The summed E-state index contributed by atoms with van der Waals surface area (Å²) in [6, 6.07) is 15.9. The SMILES string of the molecule is Cc1cccc(/C=C/C(/C=C/c2cccc(C)c2)=NS(C)(=O)=O)c1. The van der Waals surface area contributed by atoms with Crippen molar-refractivity contribution in [2.75, 3.05) is 6.26 Å². The molecule has 0 spiro atoms. The van der Waals surface area contributed by atoms with Gasteiger partial charge in [0, 0.05) is 0 Å². The van der Waals surface area contributed by atoms with E-state index in [2.05, 4.69) is 4.40 Å². The van der Waals surface area contributed by atoms with Crippen LogP contribution in [0.1, 0.15) is 22.3 Å². The molecule has 124 valence electrons. The first kappa shape index (κ1) is 17.9. The van der Waals surface area contributed by atoms with Crippen LogP contribution in [-0.4, -0.2) is 20.4 Å². The van der Waals surface area contributed by atoms with Crippen LogP contribution in [0.25, 0.3) is 12.2 Å². The Labute approximate surface area is 144 Å². The molecule has 24 heavy (non-hydrogen) atoms. The third-order valence-corrected chi connectivity index (χ3v) is 3.79. The quantitative estimate of drug-likeness (QED) is 0.757. The fourth-order valence-electron chi connectivity index (χ4n) is 2.22. The molecule has 0 saturated carbocycles. The number of aryl methyl sites for hydroxylation is 2. The summed E-state index contributed by atoms with van der Waals surface area (Å²) in [6.07, 6.45) is 8.23. The molecule has 0 atom stereocenters. The first-order valence-corrected chi connectivity index (χ1v) is 9.46. The lowest BCUT2D eigenvalue weighted by Gasteiger charge is -1.98. The van der Waals surface area contributed by atoms with Gasteiger partial charge in [-0.3, -0.25) is 0 Å². The van der Waals surface area contributed by atoms with Crippen molar-refractivity contribution in [3.63, 3.8) is 0 Å². The van der Waals surface area contributed by atoms with Crippen LogP contribution in [0.3, 0.4) is 0 Å². The van der Waals surface area contributed by atoms with Crippen molar-refractivity contribution in [1.29, 1.82) is 0 Å². The Balaban J connectivity index is 2.30. The fourth-order valence-corrected chi connectivity index (χ4v) is 2.72. The minimum absolute atomic E-state index is 0.389. The van der Waals surface area contributed by atoms with Gasteiger partial charge in [-0.25, -0.2) is 8.42 Å². The molecule has 0 N–H and O–H groups in total. The van der Waals surface area contributed by atoms with Gasteiger partial charge in [-0.2, -0.15) is 4.40 Å². The summed E-state index contributed by atoms with van der Waals surface area (Å²) >= 11 is 0. The summed E-state index contributed by atoms with van der Waals surface area (Å²) in [5, 5.41) is 0. The van der Waals surface area contributed by atoms with Crippen LogP contribution in [0.15, 0.2) is 65.1 Å². The van der Waals surface area contributed by atoms with Gasteiger partial charge in [0.25, 0.3) is 10.0 Å². The van der Waals surface area contributed by atoms with Gasteiger partial charge in [0.05, 0.1) is 12.0 Å². The lowest BCUT2D eigenvalue weighted by molar-refractivity contribution is 0.604. The Morgan fingerprint density at radius 3 is 1.71 bits per heavy atom. The van der Waals surface area contributed by atoms with Gasteiger partial charge >= 0.3 is 0 Å². The van der Waals surface area contributed by atoms with Crippen molar-refractivity contribution in [3.8, 4) is 0 Å². The molecule has 0 unspecified atom stereocenters. The monoisotopic (exact) mass is 339 g/mol. The molecule has 2 aromatic rings. The van der Waals surface area contributed by atoms with E-state index in [9.17, 15) is 8.42 Å². The summed E-state index contributed by atoms with van der Waals surface area (Å²) in [5.74, 6) is 0. The number of nitrogens with zero attached hydrogens (tertiary/aromatic N) is 1. The summed E-state index contributed by atoms with van der Waals surface area (Å²) in [6.45, 7) is 4.03. The van der Waals surface area contributed by atoms with Crippen LogP contribution < -0.4 is 0 Å². The van der Waals surface area contributed by atoms with Gasteiger partial charge in [-0.15, -0.1) is 0 Å². The average Bonchev–Trinajstić information content (AvgIpc) is 2.49. The minimum atomic E-state index is -3.46. The summed E-state index contributed by atoms with van der Waals surface area (Å²) in [5.41, 5.74) is 4.68. The Hall–Kier alpha value is -2.46. The molecule has 2 aromatic carbocycles. The average molecular weight is 339 g/mol. The second kappa shape index (κ2) is 7.88. The van der Waals surface area contributed by atoms with E-state index in [1.165, 1.54) is 0 Å². The number of rotatable bonds is 5. The predicted molar refractivity (Wildman–Crippen MR) is 103 cm³/mol. The van der Waals surface area contributed by atoms with E-state index in [1.807, 2.05) is 74.5 Å². The Kier molecular flexibility index (Phi) is 5.88. The number of hydrogen-bond donors (Lipinski definition) is 0. The summed E-state index contributed by atoms with van der Waals surface area (Å²) in [4.78, 5) is 0. The molecule has 0 heterocycles. The van der Waals surface area contributed by atoms with Crippen molar-refractivity contribution < 1.29 is 8.42 Å². The molecule has 4 heteroatoms. The second-order valence-electron chi connectivity index (χ2n) is 5.74. The molecule has 0 saturated heterocycles. The van der Waals surface area contributed by atoms with Crippen LogP contribution in [0, 0.1) is 13.8 Å². The van der Waals surface area contributed by atoms with E-state index in [1.54, 1.807) is 12.2 Å². The van der Waals surface area contributed by atoms with Crippen molar-refractivity contribution in [2.45, 2.75) is 13.8 Å². The van der Waals surface area contributed by atoms with Crippen LogP contribution >= 0.6 is 0 Å². The van der Waals surface area contributed by atoms with Gasteiger partial charge in [0.15, 0.2) is 0 Å². The zero-order chi connectivity index (χ0) is 17.6. The highest BCUT2D eigenvalue weighted by Gasteiger charge is 1.99. The van der Waals surface area contributed by atoms with E-state index in [-0.39, 0.29) is 0 Å². The largest absolute Gasteiger partial charge is 0.250 e. The maximum absolute atomic E-state index is 11.5. The molecule has 0 bridgehead atoms. The zero-order valence-corrected chi connectivity index (χ0v) is 14.9. The van der Waals surface area contributed by atoms with Gasteiger partial charge in [-0.05, 0) is 37.1 Å². The molecule has 3 nitrogen and oxygen atoms in total.